The van der Waals surface area contributed by atoms with E-state index in [0.29, 0.717) is 5.95 Å². The Kier molecular flexibility index (Phi) is 3.75. The molecular formula is C10H8BrClN4O. The minimum Gasteiger partial charge on any atom is -0.467 e. The third kappa shape index (κ3) is 3.04. The van der Waals surface area contributed by atoms with Crippen molar-refractivity contribution in [1.29, 1.82) is 0 Å². The van der Waals surface area contributed by atoms with Gasteiger partial charge >= 0.3 is 6.01 Å². The van der Waals surface area contributed by atoms with Crippen LogP contribution in [-0.2, 0) is 0 Å². The number of methoxy groups -OCH3 is 1. The quantitative estimate of drug-likeness (QED) is 0.943. The lowest BCUT2D eigenvalue weighted by Gasteiger charge is -2.07. The Bertz CT molecular complexity index is 537. The van der Waals surface area contributed by atoms with Crippen molar-refractivity contribution in [2.45, 2.75) is 0 Å². The first kappa shape index (κ1) is 12.1. The molecule has 0 saturated heterocycles. The summed E-state index contributed by atoms with van der Waals surface area (Å²) in [5.41, 5.74) is 0.830. The number of rotatable bonds is 3. The van der Waals surface area contributed by atoms with Crippen LogP contribution in [0.3, 0.4) is 0 Å². The second-order valence-corrected chi connectivity index (χ2v) is 4.21. The molecule has 0 radical (unpaired) electrons. The highest BCUT2D eigenvalue weighted by atomic mass is 79.9. The minimum absolute atomic E-state index is 0.0754. The van der Waals surface area contributed by atoms with E-state index in [1.807, 2.05) is 24.3 Å². The summed E-state index contributed by atoms with van der Waals surface area (Å²) in [5, 5.41) is 3.09. The molecule has 1 aromatic heterocycles. The van der Waals surface area contributed by atoms with Crippen LogP contribution in [0.15, 0.2) is 28.7 Å². The molecule has 0 bridgehead atoms. The molecule has 7 heteroatoms. The number of nitrogens with one attached hydrogen (secondary N) is 1. The zero-order valence-electron chi connectivity index (χ0n) is 8.82. The van der Waals surface area contributed by atoms with Crippen LogP contribution in [-0.4, -0.2) is 22.1 Å². The molecule has 1 aromatic carbocycles. The van der Waals surface area contributed by atoms with Crippen LogP contribution in [0.2, 0.25) is 5.28 Å². The molecule has 5 nitrogen and oxygen atoms in total. The molecule has 0 atom stereocenters. The van der Waals surface area contributed by atoms with Crippen LogP contribution >= 0.6 is 27.5 Å². The molecule has 0 spiro atoms. The Morgan fingerprint density at radius 2 is 2.00 bits per heavy atom. The van der Waals surface area contributed by atoms with Gasteiger partial charge in [0.05, 0.1) is 12.8 Å². The molecule has 0 fully saturated rings. The van der Waals surface area contributed by atoms with Crippen molar-refractivity contribution < 1.29 is 4.74 Å². The summed E-state index contributed by atoms with van der Waals surface area (Å²) < 4.78 is 5.80. The van der Waals surface area contributed by atoms with Gasteiger partial charge in [0.15, 0.2) is 0 Å². The lowest BCUT2D eigenvalue weighted by atomic mass is 10.3. The zero-order valence-corrected chi connectivity index (χ0v) is 11.2. The van der Waals surface area contributed by atoms with Crippen LogP contribution in [0.25, 0.3) is 0 Å². The molecule has 1 N–H and O–H groups in total. The van der Waals surface area contributed by atoms with E-state index in [1.165, 1.54) is 7.11 Å². The number of ether oxygens (including phenoxy) is 1. The summed E-state index contributed by atoms with van der Waals surface area (Å²) >= 11 is 9.15. The maximum Gasteiger partial charge on any atom is 0.322 e. The third-order valence-corrected chi connectivity index (χ3v) is 2.75. The first-order chi connectivity index (χ1) is 8.19. The van der Waals surface area contributed by atoms with Crippen LogP contribution in [0.1, 0.15) is 0 Å². The van der Waals surface area contributed by atoms with Gasteiger partial charge < -0.3 is 10.1 Å². The predicted molar refractivity (Wildman–Crippen MR) is 68.8 cm³/mol. The Hall–Kier alpha value is -1.40. The average Bonchev–Trinajstić information content (AvgIpc) is 2.31. The summed E-state index contributed by atoms with van der Waals surface area (Å²) in [6.07, 6.45) is 0. The van der Waals surface area contributed by atoms with Gasteiger partial charge in [-0.1, -0.05) is 12.1 Å². The van der Waals surface area contributed by atoms with Crippen molar-refractivity contribution in [3.63, 3.8) is 0 Å². The van der Waals surface area contributed by atoms with E-state index >= 15 is 0 Å². The normalized spacial score (nSPS) is 10.1. The van der Waals surface area contributed by atoms with Crippen molar-refractivity contribution in [3.05, 3.63) is 34.0 Å². The van der Waals surface area contributed by atoms with E-state index in [0.717, 1.165) is 10.2 Å². The molecule has 0 unspecified atom stereocenters. The number of anilines is 2. The minimum atomic E-state index is 0.0754. The Morgan fingerprint density at radius 3 is 2.71 bits per heavy atom. The number of aromatic nitrogens is 3. The van der Waals surface area contributed by atoms with E-state index < -0.39 is 0 Å². The Labute approximate surface area is 111 Å². The maximum absolute atomic E-state index is 5.74. The zero-order chi connectivity index (χ0) is 12.3. The van der Waals surface area contributed by atoms with Gasteiger partial charge in [0, 0.05) is 4.47 Å². The van der Waals surface area contributed by atoms with Gasteiger partial charge in [0.2, 0.25) is 11.2 Å². The van der Waals surface area contributed by atoms with Crippen LogP contribution in [0.5, 0.6) is 6.01 Å². The molecule has 1 heterocycles. The monoisotopic (exact) mass is 314 g/mol. The van der Waals surface area contributed by atoms with Gasteiger partial charge in [0.1, 0.15) is 0 Å². The number of benzene rings is 1. The molecule has 17 heavy (non-hydrogen) atoms. The Balaban J connectivity index is 2.30. The maximum atomic E-state index is 5.74. The SMILES string of the molecule is COc1nc(Cl)nc(Nc2ccccc2Br)n1. The van der Waals surface area contributed by atoms with E-state index in [1.54, 1.807) is 0 Å². The molecule has 0 aliphatic rings. The summed E-state index contributed by atoms with van der Waals surface area (Å²) in [6.45, 7) is 0. The smallest absolute Gasteiger partial charge is 0.322 e. The van der Waals surface area contributed by atoms with Crippen LogP contribution in [0.4, 0.5) is 11.6 Å². The molecule has 0 aliphatic heterocycles. The number of nitrogens with zero attached hydrogens (tertiary/aromatic N) is 3. The molecular weight excluding hydrogens is 307 g/mol. The van der Waals surface area contributed by atoms with E-state index in [9.17, 15) is 0 Å². The number of hydrogen-bond donors (Lipinski definition) is 1. The predicted octanol–water partition coefficient (Wildman–Crippen LogP) is 3.04. The lowest BCUT2D eigenvalue weighted by Crippen LogP contribution is -2.02. The fourth-order valence-corrected chi connectivity index (χ4v) is 1.70. The summed E-state index contributed by atoms with van der Waals surface area (Å²) in [7, 11) is 1.47. The number of para-hydroxylation sites is 1. The second kappa shape index (κ2) is 5.29. The summed E-state index contributed by atoms with van der Waals surface area (Å²) in [4.78, 5) is 11.8. The largest absolute Gasteiger partial charge is 0.467 e. The van der Waals surface area contributed by atoms with Gasteiger partial charge in [0.25, 0.3) is 0 Å². The molecule has 88 valence electrons. The highest BCUT2D eigenvalue weighted by Crippen LogP contribution is 2.24. The van der Waals surface area contributed by atoms with E-state index in [2.05, 4.69) is 36.2 Å². The first-order valence-electron chi connectivity index (χ1n) is 4.66. The number of hydrogen-bond acceptors (Lipinski definition) is 5. The van der Waals surface area contributed by atoms with E-state index in [-0.39, 0.29) is 11.3 Å². The van der Waals surface area contributed by atoms with Gasteiger partial charge in [-0.25, -0.2) is 0 Å². The fourth-order valence-electron chi connectivity index (χ4n) is 1.16. The van der Waals surface area contributed by atoms with Crippen molar-refractivity contribution in [1.82, 2.24) is 15.0 Å². The highest BCUT2D eigenvalue weighted by molar-refractivity contribution is 9.10. The highest BCUT2D eigenvalue weighted by Gasteiger charge is 2.06. The third-order valence-electron chi connectivity index (χ3n) is 1.89. The summed E-state index contributed by atoms with van der Waals surface area (Å²) in [6, 6.07) is 7.76. The first-order valence-corrected chi connectivity index (χ1v) is 5.83. The molecule has 2 rings (SSSR count). The fraction of sp³-hybridized carbons (Fsp3) is 0.100. The van der Waals surface area contributed by atoms with Gasteiger partial charge in [-0.05, 0) is 39.7 Å². The average molecular weight is 316 g/mol. The van der Waals surface area contributed by atoms with Gasteiger partial charge in [-0.2, -0.15) is 15.0 Å². The summed E-state index contributed by atoms with van der Waals surface area (Å²) in [5.74, 6) is 0.328. The lowest BCUT2D eigenvalue weighted by molar-refractivity contribution is 0.379. The second-order valence-electron chi connectivity index (χ2n) is 3.02. The van der Waals surface area contributed by atoms with Crippen LogP contribution in [0, 0.1) is 0 Å². The Morgan fingerprint density at radius 1 is 1.24 bits per heavy atom. The molecule has 0 aliphatic carbocycles. The molecule has 0 amide bonds. The van der Waals surface area contributed by atoms with Crippen molar-refractivity contribution >= 4 is 39.2 Å². The number of halogens is 2. The van der Waals surface area contributed by atoms with E-state index in [4.69, 9.17) is 16.3 Å². The topological polar surface area (TPSA) is 59.9 Å². The van der Waals surface area contributed by atoms with Crippen LogP contribution < -0.4 is 10.1 Å². The van der Waals surface area contributed by atoms with Crippen molar-refractivity contribution in [2.75, 3.05) is 12.4 Å². The van der Waals surface area contributed by atoms with Gasteiger partial charge in [-0.15, -0.1) is 0 Å². The molecule has 0 saturated carbocycles. The van der Waals surface area contributed by atoms with Crippen molar-refractivity contribution in [2.24, 2.45) is 0 Å². The molecule has 2 aromatic rings. The van der Waals surface area contributed by atoms with Gasteiger partial charge in [-0.3, -0.25) is 0 Å². The standard InChI is InChI=1S/C10H8BrClN4O/c1-17-10-15-8(12)14-9(16-10)13-7-5-3-2-4-6(7)11/h2-5H,1H3,(H,13,14,15,16). The van der Waals surface area contributed by atoms with Crippen molar-refractivity contribution in [3.8, 4) is 6.01 Å².